The van der Waals surface area contributed by atoms with Crippen molar-refractivity contribution < 1.29 is 19.1 Å². The molecule has 0 aliphatic carbocycles. The third-order valence-corrected chi connectivity index (χ3v) is 2.70. The first-order valence-electron chi connectivity index (χ1n) is 5.39. The van der Waals surface area contributed by atoms with Crippen LogP contribution in [0.15, 0.2) is 45.8 Å². The molecule has 1 aromatic carbocycles. The number of hydrogen-bond acceptors (Lipinski definition) is 6. The molecule has 98 valence electrons. The molecule has 0 fully saturated rings. The van der Waals surface area contributed by atoms with E-state index in [0.717, 1.165) is 0 Å². The van der Waals surface area contributed by atoms with Gasteiger partial charge in [0.1, 0.15) is 0 Å². The molecule has 0 saturated heterocycles. The van der Waals surface area contributed by atoms with Crippen molar-refractivity contribution in [3.63, 3.8) is 0 Å². The van der Waals surface area contributed by atoms with Crippen LogP contribution in [-0.2, 0) is 14.3 Å². The molecule has 0 spiro atoms. The Labute approximate surface area is 108 Å². The summed E-state index contributed by atoms with van der Waals surface area (Å²) in [6.07, 6.45) is 0. The summed E-state index contributed by atoms with van der Waals surface area (Å²) < 4.78 is 10.2. The maximum Gasteiger partial charge on any atom is 0.319 e. The predicted molar refractivity (Wildman–Crippen MR) is 64.8 cm³/mol. The number of benzene rings is 1. The summed E-state index contributed by atoms with van der Waals surface area (Å²) in [4.78, 5) is 24.1. The van der Waals surface area contributed by atoms with Crippen molar-refractivity contribution >= 4 is 17.4 Å². The molecule has 0 bridgehead atoms. The van der Waals surface area contributed by atoms with Gasteiger partial charge in [-0.3, -0.25) is 9.59 Å². The molecule has 7 nitrogen and oxygen atoms in total. The monoisotopic (exact) mass is 261 g/mol. The van der Waals surface area contributed by atoms with Crippen LogP contribution >= 0.6 is 0 Å². The summed E-state index contributed by atoms with van der Waals surface area (Å²) in [6, 6.07) is 8.32. The van der Waals surface area contributed by atoms with Gasteiger partial charge in [0.15, 0.2) is 0 Å². The van der Waals surface area contributed by atoms with Crippen LogP contribution in [-0.4, -0.2) is 37.4 Å². The molecule has 0 N–H and O–H groups in total. The van der Waals surface area contributed by atoms with Crippen molar-refractivity contribution in [2.24, 2.45) is 15.4 Å². The fourth-order valence-electron chi connectivity index (χ4n) is 1.75. The largest absolute Gasteiger partial charge is 0.342 e. The van der Waals surface area contributed by atoms with Crippen LogP contribution in [0.4, 0.5) is 0 Å². The summed E-state index contributed by atoms with van der Waals surface area (Å²) in [5.74, 6) is -3.23. The topological polar surface area (TPSA) is 89.7 Å². The molecular weight excluding hydrogens is 250 g/mol. The second-order valence-electron chi connectivity index (χ2n) is 3.66. The van der Waals surface area contributed by atoms with Gasteiger partial charge in [0, 0.05) is 19.8 Å². The van der Waals surface area contributed by atoms with Crippen LogP contribution in [0.5, 0.6) is 0 Å². The number of ether oxygens (including phenoxy) is 2. The lowest BCUT2D eigenvalue weighted by atomic mass is 9.98. The van der Waals surface area contributed by atoms with Crippen LogP contribution in [0.2, 0.25) is 0 Å². The van der Waals surface area contributed by atoms with E-state index in [2.05, 4.69) is 15.4 Å². The Morgan fingerprint density at radius 1 is 1.16 bits per heavy atom. The number of carbonyl (C=O) groups excluding carboxylic acids is 2. The third kappa shape index (κ3) is 2.09. The lowest BCUT2D eigenvalue weighted by molar-refractivity contribution is -0.129. The number of carbonyl (C=O) groups is 2. The second kappa shape index (κ2) is 5.17. The first-order valence-corrected chi connectivity index (χ1v) is 5.39. The highest BCUT2D eigenvalue weighted by Gasteiger charge is 2.50. The molecule has 2 rings (SSSR count). The number of rotatable bonds is 5. The van der Waals surface area contributed by atoms with Crippen LogP contribution in [0.1, 0.15) is 10.4 Å². The van der Waals surface area contributed by atoms with E-state index in [4.69, 9.17) is 9.47 Å². The molecule has 1 heterocycles. The van der Waals surface area contributed by atoms with Gasteiger partial charge in [0.2, 0.25) is 11.5 Å². The minimum atomic E-state index is -1.93. The number of Topliss-reactive ketones (excluding diaryl/α,β-unsaturated/α-hetero) is 1. The van der Waals surface area contributed by atoms with Crippen LogP contribution in [0, 0.1) is 0 Å². The van der Waals surface area contributed by atoms with Crippen molar-refractivity contribution in [3.05, 3.63) is 35.9 Å². The smallest absolute Gasteiger partial charge is 0.319 e. The molecule has 0 saturated carbocycles. The van der Waals surface area contributed by atoms with E-state index in [0.29, 0.717) is 5.56 Å². The van der Waals surface area contributed by atoms with Gasteiger partial charge in [-0.2, -0.15) is 0 Å². The Hall–Kier alpha value is -2.25. The number of nitrogens with zero attached hydrogens (tertiary/aromatic N) is 3. The van der Waals surface area contributed by atoms with Crippen LogP contribution < -0.4 is 0 Å². The quantitative estimate of drug-likeness (QED) is 0.588. The highest BCUT2D eigenvalue weighted by atomic mass is 16.7. The van der Waals surface area contributed by atoms with Crippen molar-refractivity contribution in [3.8, 4) is 0 Å². The van der Waals surface area contributed by atoms with Crippen molar-refractivity contribution in [2.75, 3.05) is 14.2 Å². The first kappa shape index (κ1) is 13.2. The van der Waals surface area contributed by atoms with Gasteiger partial charge in [-0.25, -0.2) is 0 Å². The maximum atomic E-state index is 12.5. The predicted octanol–water partition coefficient (Wildman–Crippen LogP) is 1.21. The number of ketones is 1. The van der Waals surface area contributed by atoms with E-state index in [9.17, 15) is 9.59 Å². The molecule has 7 heteroatoms. The Bertz CT molecular complexity index is 562. The second-order valence-corrected chi connectivity index (χ2v) is 3.66. The Kier molecular flexibility index (Phi) is 3.59. The molecule has 0 aromatic heterocycles. The van der Waals surface area contributed by atoms with Gasteiger partial charge < -0.3 is 9.47 Å². The van der Waals surface area contributed by atoms with Crippen LogP contribution in [0.25, 0.3) is 0 Å². The molecular formula is C12H11N3O4. The lowest BCUT2D eigenvalue weighted by Gasteiger charge is -2.27. The number of amides is 1. The Morgan fingerprint density at radius 2 is 1.79 bits per heavy atom. The van der Waals surface area contributed by atoms with E-state index in [-0.39, 0.29) is 5.71 Å². The van der Waals surface area contributed by atoms with Crippen LogP contribution in [0.3, 0.4) is 0 Å². The summed E-state index contributed by atoms with van der Waals surface area (Å²) in [6.45, 7) is 0. The van der Waals surface area contributed by atoms with Gasteiger partial charge in [0.25, 0.3) is 5.79 Å². The fraction of sp³-hybridized carbons (Fsp3) is 0.250. The standard InChI is InChI=1S/C12H11N3O4/c1-18-12(19-2,9-11(17)14-15-13-9)10(16)8-6-4-3-5-7-8/h3-7H,1-2H3. The average molecular weight is 261 g/mol. The van der Waals surface area contributed by atoms with Gasteiger partial charge in [-0.05, 0) is 5.22 Å². The van der Waals surface area contributed by atoms with Crippen molar-refractivity contribution in [2.45, 2.75) is 5.79 Å². The van der Waals surface area contributed by atoms with E-state index in [1.165, 1.54) is 14.2 Å². The molecule has 0 atom stereocenters. The maximum absolute atomic E-state index is 12.5. The van der Waals surface area contributed by atoms with Gasteiger partial charge >= 0.3 is 5.91 Å². The third-order valence-electron chi connectivity index (χ3n) is 2.70. The molecule has 1 aliphatic heterocycles. The molecule has 0 unspecified atom stereocenters. The van der Waals surface area contributed by atoms with E-state index in [1.807, 2.05) is 0 Å². The average Bonchev–Trinajstić information content (AvgIpc) is 2.89. The fourth-order valence-corrected chi connectivity index (χ4v) is 1.75. The summed E-state index contributed by atoms with van der Waals surface area (Å²) >= 11 is 0. The zero-order chi connectivity index (χ0) is 13.9. The SMILES string of the molecule is COC(OC)(C(=O)c1ccccc1)C1=NN=NC1=O. The van der Waals surface area contributed by atoms with Gasteiger partial charge in [0.05, 0.1) is 0 Å². The van der Waals surface area contributed by atoms with Crippen molar-refractivity contribution in [1.82, 2.24) is 0 Å². The van der Waals surface area contributed by atoms with E-state index in [1.54, 1.807) is 30.3 Å². The number of methoxy groups -OCH3 is 2. The number of hydrogen-bond donors (Lipinski definition) is 0. The molecule has 19 heavy (non-hydrogen) atoms. The Morgan fingerprint density at radius 3 is 2.26 bits per heavy atom. The minimum absolute atomic E-state index is 0.286. The molecule has 1 aromatic rings. The normalized spacial score (nSPS) is 14.6. The minimum Gasteiger partial charge on any atom is -0.342 e. The van der Waals surface area contributed by atoms with E-state index < -0.39 is 17.5 Å². The molecule has 0 radical (unpaired) electrons. The van der Waals surface area contributed by atoms with Gasteiger partial charge in [-0.15, -0.1) is 5.10 Å². The zero-order valence-corrected chi connectivity index (χ0v) is 10.4. The first-order chi connectivity index (χ1) is 9.15. The Balaban J connectivity index is 2.46. The highest BCUT2D eigenvalue weighted by molar-refractivity contribution is 6.47. The zero-order valence-electron chi connectivity index (χ0n) is 10.4. The summed E-state index contributed by atoms with van der Waals surface area (Å²) in [7, 11) is 2.50. The van der Waals surface area contributed by atoms with Crippen molar-refractivity contribution in [1.29, 1.82) is 0 Å². The summed E-state index contributed by atoms with van der Waals surface area (Å²) in [5, 5.41) is 9.99. The van der Waals surface area contributed by atoms with E-state index >= 15 is 0 Å². The highest BCUT2D eigenvalue weighted by Crippen LogP contribution is 2.23. The molecule has 1 aliphatic rings. The lowest BCUT2D eigenvalue weighted by Crippen LogP contribution is -2.52. The van der Waals surface area contributed by atoms with Gasteiger partial charge in [-0.1, -0.05) is 35.4 Å². The molecule has 1 amide bonds. The summed E-state index contributed by atoms with van der Waals surface area (Å²) in [5.41, 5.74) is 0.0416.